The first-order valence-corrected chi connectivity index (χ1v) is 4.75. The van der Waals surface area contributed by atoms with Gasteiger partial charge in [0.2, 0.25) is 0 Å². The van der Waals surface area contributed by atoms with E-state index >= 15 is 0 Å². The van der Waals surface area contributed by atoms with Crippen molar-refractivity contribution in [3.63, 3.8) is 0 Å². The maximum Gasteiger partial charge on any atom is 0.416 e. The fourth-order valence-electron chi connectivity index (χ4n) is 1.67. The minimum absolute atomic E-state index is 0.0204. The number of alkyl halides is 3. The van der Waals surface area contributed by atoms with Gasteiger partial charge in [-0.1, -0.05) is 0 Å². The van der Waals surface area contributed by atoms with Gasteiger partial charge in [-0.05, 0) is 12.1 Å². The van der Waals surface area contributed by atoms with Gasteiger partial charge in [0, 0.05) is 5.56 Å². The van der Waals surface area contributed by atoms with Crippen LogP contribution in [-0.2, 0) is 17.5 Å². The van der Waals surface area contributed by atoms with Gasteiger partial charge >= 0.3 is 6.18 Å². The molecule has 7 heteroatoms. The summed E-state index contributed by atoms with van der Waals surface area (Å²) in [7, 11) is 0. The van der Waals surface area contributed by atoms with Crippen molar-refractivity contribution in [1.29, 1.82) is 0 Å². The zero-order valence-corrected chi connectivity index (χ0v) is 8.60. The summed E-state index contributed by atoms with van der Waals surface area (Å²) < 4.78 is 42.7. The molecule has 1 aliphatic heterocycles. The second kappa shape index (κ2) is 3.92. The molecule has 17 heavy (non-hydrogen) atoms. The van der Waals surface area contributed by atoms with Crippen molar-refractivity contribution in [3.8, 4) is 0 Å². The predicted octanol–water partition coefficient (Wildman–Crippen LogP) is 1.70. The van der Waals surface area contributed by atoms with Crippen LogP contribution in [0.5, 0.6) is 0 Å². The topological polar surface area (TPSA) is 64.4 Å². The summed E-state index contributed by atoms with van der Waals surface area (Å²) >= 11 is 0. The number of fused-ring (bicyclic) bond motifs is 1. The fourth-order valence-corrected chi connectivity index (χ4v) is 1.67. The van der Waals surface area contributed by atoms with E-state index in [0.29, 0.717) is 5.69 Å². The van der Waals surface area contributed by atoms with E-state index in [1.165, 1.54) is 0 Å². The zero-order valence-electron chi connectivity index (χ0n) is 8.60. The quantitative estimate of drug-likeness (QED) is 0.792. The molecule has 1 heterocycles. The SMILES string of the molecule is NC(=O)c1cc(C(F)(F)F)cc2c1NCOC2. The molecule has 0 bridgehead atoms. The van der Waals surface area contributed by atoms with Gasteiger partial charge in [0.25, 0.3) is 5.91 Å². The Labute approximate surface area is 94.5 Å². The van der Waals surface area contributed by atoms with Gasteiger partial charge < -0.3 is 15.8 Å². The van der Waals surface area contributed by atoms with Gasteiger partial charge in [0.05, 0.1) is 23.4 Å². The van der Waals surface area contributed by atoms with E-state index in [-0.39, 0.29) is 24.5 Å². The number of ether oxygens (including phenoxy) is 1. The molecule has 1 aliphatic rings. The van der Waals surface area contributed by atoms with Gasteiger partial charge in [-0.2, -0.15) is 13.2 Å². The Bertz CT molecular complexity index is 471. The van der Waals surface area contributed by atoms with Crippen molar-refractivity contribution >= 4 is 11.6 Å². The third kappa shape index (κ3) is 2.19. The Hall–Kier alpha value is -1.76. The third-order valence-corrected chi connectivity index (χ3v) is 2.42. The van der Waals surface area contributed by atoms with Gasteiger partial charge in [-0.3, -0.25) is 4.79 Å². The fraction of sp³-hybridized carbons (Fsp3) is 0.300. The molecule has 4 nitrogen and oxygen atoms in total. The maximum absolute atomic E-state index is 12.6. The Kier molecular flexibility index (Phi) is 2.70. The lowest BCUT2D eigenvalue weighted by atomic mass is 10.0. The number of nitrogens with two attached hydrogens (primary N) is 1. The molecule has 0 saturated heterocycles. The van der Waals surface area contributed by atoms with Crippen LogP contribution in [-0.4, -0.2) is 12.6 Å². The smallest absolute Gasteiger partial charge is 0.366 e. The lowest BCUT2D eigenvalue weighted by molar-refractivity contribution is -0.137. The largest absolute Gasteiger partial charge is 0.416 e. The average Bonchev–Trinajstić information content (AvgIpc) is 2.26. The molecule has 0 aromatic heterocycles. The van der Waals surface area contributed by atoms with Crippen molar-refractivity contribution in [3.05, 3.63) is 28.8 Å². The van der Waals surface area contributed by atoms with Gasteiger partial charge in [-0.15, -0.1) is 0 Å². The normalized spacial score (nSPS) is 15.0. The number of carbonyl (C=O) groups excluding carboxylic acids is 1. The maximum atomic E-state index is 12.6. The molecular formula is C10H9F3N2O2. The summed E-state index contributed by atoms with van der Waals surface area (Å²) in [5.41, 5.74) is 4.58. The molecule has 0 fully saturated rings. The highest BCUT2D eigenvalue weighted by Crippen LogP contribution is 2.35. The number of amides is 1. The molecule has 0 unspecified atom stereocenters. The predicted molar refractivity (Wildman–Crippen MR) is 53.2 cm³/mol. The van der Waals surface area contributed by atoms with Crippen LogP contribution in [0.25, 0.3) is 0 Å². The molecule has 0 saturated carbocycles. The van der Waals surface area contributed by atoms with Crippen LogP contribution in [0.3, 0.4) is 0 Å². The third-order valence-electron chi connectivity index (χ3n) is 2.42. The zero-order chi connectivity index (χ0) is 12.6. The number of carbonyl (C=O) groups is 1. The lowest BCUT2D eigenvalue weighted by Gasteiger charge is -2.22. The van der Waals surface area contributed by atoms with E-state index < -0.39 is 17.6 Å². The van der Waals surface area contributed by atoms with E-state index in [2.05, 4.69) is 5.32 Å². The highest BCUT2D eigenvalue weighted by molar-refractivity contribution is 5.99. The number of halogens is 3. The molecule has 1 aromatic rings. The van der Waals surface area contributed by atoms with Crippen molar-refractivity contribution in [1.82, 2.24) is 0 Å². The second-order valence-electron chi connectivity index (χ2n) is 3.59. The Balaban J connectivity index is 2.60. The summed E-state index contributed by atoms with van der Waals surface area (Å²) in [5.74, 6) is -0.901. The number of benzene rings is 1. The number of anilines is 1. The number of primary amides is 1. The van der Waals surface area contributed by atoms with Crippen LogP contribution in [0.2, 0.25) is 0 Å². The second-order valence-corrected chi connectivity index (χ2v) is 3.59. The molecule has 0 radical (unpaired) electrons. The molecule has 0 spiro atoms. The first-order valence-electron chi connectivity index (χ1n) is 4.75. The van der Waals surface area contributed by atoms with Crippen LogP contribution < -0.4 is 11.1 Å². The molecule has 2 rings (SSSR count). The van der Waals surface area contributed by atoms with Crippen molar-refractivity contribution in [2.24, 2.45) is 5.73 Å². The molecule has 0 aliphatic carbocycles. The lowest BCUT2D eigenvalue weighted by Crippen LogP contribution is -2.22. The Morgan fingerprint density at radius 1 is 1.41 bits per heavy atom. The minimum Gasteiger partial charge on any atom is -0.366 e. The van der Waals surface area contributed by atoms with Crippen LogP contribution in [0, 0.1) is 0 Å². The standard InChI is InChI=1S/C10H9F3N2O2/c11-10(12,13)6-1-5-3-17-4-15-8(5)7(2-6)9(14)16/h1-2,15H,3-4H2,(H2,14,16). The van der Waals surface area contributed by atoms with E-state index in [1.54, 1.807) is 0 Å². The number of hydrogen-bond acceptors (Lipinski definition) is 3. The summed E-state index contributed by atoms with van der Waals surface area (Å²) in [6.07, 6.45) is -4.52. The van der Waals surface area contributed by atoms with Gasteiger partial charge in [0.1, 0.15) is 6.73 Å². The van der Waals surface area contributed by atoms with Crippen molar-refractivity contribution < 1.29 is 22.7 Å². The molecule has 0 atom stereocenters. The number of nitrogens with one attached hydrogen (secondary N) is 1. The summed E-state index contributed by atoms with van der Waals surface area (Å²) in [6.45, 7) is 0.158. The summed E-state index contributed by atoms with van der Waals surface area (Å²) in [4.78, 5) is 11.1. The van der Waals surface area contributed by atoms with E-state index in [4.69, 9.17) is 10.5 Å². The van der Waals surface area contributed by atoms with E-state index in [1.807, 2.05) is 0 Å². The molecule has 3 N–H and O–H groups in total. The van der Waals surface area contributed by atoms with Crippen molar-refractivity contribution in [2.45, 2.75) is 12.8 Å². The summed E-state index contributed by atoms with van der Waals surface area (Å²) in [6, 6.07) is 1.70. The first kappa shape index (κ1) is 11.7. The van der Waals surface area contributed by atoms with Crippen molar-refractivity contribution in [2.75, 3.05) is 12.0 Å². The monoisotopic (exact) mass is 246 g/mol. The number of rotatable bonds is 1. The van der Waals surface area contributed by atoms with E-state index in [0.717, 1.165) is 12.1 Å². The average molecular weight is 246 g/mol. The minimum atomic E-state index is -4.52. The highest BCUT2D eigenvalue weighted by atomic mass is 19.4. The molecule has 92 valence electrons. The Morgan fingerprint density at radius 2 is 2.12 bits per heavy atom. The molecule has 1 aromatic carbocycles. The first-order chi connectivity index (χ1) is 7.89. The Morgan fingerprint density at radius 3 is 2.71 bits per heavy atom. The van der Waals surface area contributed by atoms with E-state index in [9.17, 15) is 18.0 Å². The number of hydrogen-bond donors (Lipinski definition) is 2. The molecular weight excluding hydrogens is 237 g/mol. The van der Waals surface area contributed by atoms with Crippen LogP contribution in [0.4, 0.5) is 18.9 Å². The van der Waals surface area contributed by atoms with Gasteiger partial charge in [0.15, 0.2) is 0 Å². The van der Waals surface area contributed by atoms with Crippen LogP contribution in [0.15, 0.2) is 12.1 Å². The highest BCUT2D eigenvalue weighted by Gasteiger charge is 2.33. The van der Waals surface area contributed by atoms with Gasteiger partial charge in [-0.25, -0.2) is 0 Å². The van der Waals surface area contributed by atoms with Crippen LogP contribution >= 0.6 is 0 Å². The van der Waals surface area contributed by atoms with Crippen LogP contribution in [0.1, 0.15) is 21.5 Å². The summed E-state index contributed by atoms with van der Waals surface area (Å²) in [5, 5.41) is 2.70. The molecule has 1 amide bonds.